The Bertz CT molecular complexity index is 955. The summed E-state index contributed by atoms with van der Waals surface area (Å²) in [6, 6.07) is 16.8. The Kier molecular flexibility index (Phi) is 5.60. The number of anilines is 1. The summed E-state index contributed by atoms with van der Waals surface area (Å²) in [4.78, 5) is 12.4. The van der Waals surface area contributed by atoms with Gasteiger partial charge >= 0.3 is 0 Å². The first kappa shape index (κ1) is 19.1. The Morgan fingerprint density at radius 2 is 1.89 bits per heavy atom. The first-order chi connectivity index (χ1) is 12.9. The van der Waals surface area contributed by atoms with Crippen LogP contribution in [0.1, 0.15) is 43.9 Å². The van der Waals surface area contributed by atoms with E-state index >= 15 is 0 Å². The van der Waals surface area contributed by atoms with Crippen LogP contribution >= 0.6 is 0 Å². The van der Waals surface area contributed by atoms with Gasteiger partial charge in [-0.1, -0.05) is 49.4 Å². The van der Waals surface area contributed by atoms with E-state index in [1.54, 1.807) is 30.1 Å². The molecule has 0 aromatic heterocycles. The molecule has 7 heteroatoms. The fourth-order valence-corrected chi connectivity index (χ4v) is 3.66. The number of hydrazone groups is 1. The van der Waals surface area contributed by atoms with Gasteiger partial charge in [-0.25, -0.2) is 13.4 Å². The molecule has 142 valence electrons. The maximum absolute atomic E-state index is 12.4. The topological polar surface area (TPSA) is 78.8 Å². The smallest absolute Gasteiger partial charge is 0.242 e. The number of hydrogen-bond donors (Lipinski definition) is 1. The van der Waals surface area contributed by atoms with Crippen LogP contribution in [0, 0.1) is 0 Å². The number of amides is 1. The Morgan fingerprint density at radius 1 is 1.15 bits per heavy atom. The zero-order valence-corrected chi connectivity index (χ0v) is 16.2. The maximum atomic E-state index is 12.4. The molecule has 1 atom stereocenters. The summed E-state index contributed by atoms with van der Waals surface area (Å²) in [5.41, 5.74) is 3.09. The maximum Gasteiger partial charge on any atom is 0.242 e. The van der Waals surface area contributed by atoms with Crippen molar-refractivity contribution in [2.24, 2.45) is 5.10 Å². The van der Waals surface area contributed by atoms with Crippen molar-refractivity contribution in [3.63, 3.8) is 0 Å². The number of rotatable bonds is 6. The van der Waals surface area contributed by atoms with Gasteiger partial charge in [0, 0.05) is 18.5 Å². The summed E-state index contributed by atoms with van der Waals surface area (Å²) < 4.78 is 26.2. The lowest BCUT2D eigenvalue weighted by Gasteiger charge is -2.21. The second kappa shape index (κ2) is 7.92. The van der Waals surface area contributed by atoms with Crippen molar-refractivity contribution >= 4 is 27.3 Å². The molecule has 1 unspecified atom stereocenters. The molecule has 0 fully saturated rings. The molecule has 27 heavy (non-hydrogen) atoms. The second-order valence-corrected chi connectivity index (χ2v) is 8.37. The third-order valence-electron chi connectivity index (χ3n) is 4.50. The third kappa shape index (κ3) is 4.36. The van der Waals surface area contributed by atoms with Gasteiger partial charge in [0.05, 0.1) is 17.5 Å². The number of nitrogens with zero attached hydrogens (tertiary/aromatic N) is 2. The molecule has 0 aliphatic carbocycles. The van der Waals surface area contributed by atoms with Gasteiger partial charge in [-0.2, -0.15) is 5.10 Å². The van der Waals surface area contributed by atoms with Crippen LogP contribution in [0.25, 0.3) is 0 Å². The molecule has 0 radical (unpaired) electrons. The van der Waals surface area contributed by atoms with E-state index in [0.717, 1.165) is 16.8 Å². The molecule has 1 N–H and O–H groups in total. The van der Waals surface area contributed by atoms with Gasteiger partial charge in [0.1, 0.15) is 0 Å². The van der Waals surface area contributed by atoms with E-state index < -0.39 is 10.0 Å². The van der Waals surface area contributed by atoms with Crippen LogP contribution in [0.15, 0.2) is 59.7 Å². The van der Waals surface area contributed by atoms with Crippen molar-refractivity contribution in [2.75, 3.05) is 10.5 Å². The predicted octanol–water partition coefficient (Wildman–Crippen LogP) is 3.54. The number of sulfonamides is 1. The molecule has 0 saturated carbocycles. The van der Waals surface area contributed by atoms with Crippen LogP contribution in [0.2, 0.25) is 0 Å². The zero-order valence-electron chi connectivity index (χ0n) is 15.4. The van der Waals surface area contributed by atoms with Crippen LogP contribution in [0.4, 0.5) is 5.69 Å². The van der Waals surface area contributed by atoms with Gasteiger partial charge < -0.3 is 0 Å². The van der Waals surface area contributed by atoms with Crippen molar-refractivity contribution in [1.29, 1.82) is 0 Å². The van der Waals surface area contributed by atoms with Crippen LogP contribution in [0.5, 0.6) is 0 Å². The van der Waals surface area contributed by atoms with Crippen molar-refractivity contribution in [2.45, 2.75) is 32.7 Å². The van der Waals surface area contributed by atoms with Crippen molar-refractivity contribution in [3.8, 4) is 0 Å². The first-order valence-electron chi connectivity index (χ1n) is 8.99. The number of hydrogen-bond acceptors (Lipinski definition) is 4. The molecule has 1 aliphatic rings. The van der Waals surface area contributed by atoms with Gasteiger partial charge in [-0.3, -0.25) is 9.52 Å². The summed E-state index contributed by atoms with van der Waals surface area (Å²) in [5, 5.41) is 6.12. The monoisotopic (exact) mass is 385 g/mol. The summed E-state index contributed by atoms with van der Waals surface area (Å²) in [6.45, 7) is 3.41. The third-order valence-corrected chi connectivity index (χ3v) is 5.81. The highest BCUT2D eigenvalue weighted by Gasteiger charge is 2.32. The van der Waals surface area contributed by atoms with E-state index in [1.807, 2.05) is 43.3 Å². The zero-order chi connectivity index (χ0) is 19.4. The van der Waals surface area contributed by atoms with Crippen LogP contribution in [-0.4, -0.2) is 30.8 Å². The van der Waals surface area contributed by atoms with Crippen LogP contribution < -0.4 is 4.72 Å². The normalized spacial score (nSPS) is 16.9. The highest BCUT2D eigenvalue weighted by Crippen LogP contribution is 2.33. The molecular weight excluding hydrogens is 362 g/mol. The van der Waals surface area contributed by atoms with Gasteiger partial charge in [-0.05, 0) is 30.2 Å². The molecular formula is C20H23N3O3S. The molecule has 0 bridgehead atoms. The van der Waals surface area contributed by atoms with Crippen LogP contribution in [0.3, 0.4) is 0 Å². The standard InChI is InChI=1S/C20H23N3O3S/c1-3-20(24)23-19(15-9-6-5-7-10-15)14-18(21-23)16-11-8-12-17(13-16)22-27(25,26)4-2/h5-13,19,22H,3-4,14H2,1-2H3. The number of carbonyl (C=O) groups excluding carboxylic acids is 1. The van der Waals surface area contributed by atoms with Crippen LogP contribution in [-0.2, 0) is 14.8 Å². The van der Waals surface area contributed by atoms with Gasteiger partial charge in [0.25, 0.3) is 0 Å². The number of carbonyl (C=O) groups is 1. The lowest BCUT2D eigenvalue weighted by molar-refractivity contribution is -0.132. The fraction of sp³-hybridized carbons (Fsp3) is 0.300. The van der Waals surface area contributed by atoms with E-state index in [9.17, 15) is 13.2 Å². The average molecular weight is 385 g/mol. The highest BCUT2D eigenvalue weighted by molar-refractivity contribution is 7.92. The largest absolute Gasteiger partial charge is 0.284 e. The summed E-state index contributed by atoms with van der Waals surface area (Å²) >= 11 is 0. The van der Waals surface area contributed by atoms with Gasteiger partial charge in [-0.15, -0.1) is 0 Å². The summed E-state index contributed by atoms with van der Waals surface area (Å²) in [7, 11) is -3.35. The molecule has 1 amide bonds. The molecule has 0 spiro atoms. The van der Waals surface area contributed by atoms with E-state index in [-0.39, 0.29) is 17.7 Å². The van der Waals surface area contributed by atoms with Gasteiger partial charge in [0.2, 0.25) is 15.9 Å². The first-order valence-corrected chi connectivity index (χ1v) is 10.6. The number of benzene rings is 2. The Hall–Kier alpha value is -2.67. The molecule has 3 rings (SSSR count). The average Bonchev–Trinajstić information content (AvgIpc) is 3.13. The molecule has 1 aliphatic heterocycles. The predicted molar refractivity (Wildman–Crippen MR) is 107 cm³/mol. The summed E-state index contributed by atoms with van der Waals surface area (Å²) in [5.74, 6) is -0.0331. The highest BCUT2D eigenvalue weighted by atomic mass is 32.2. The molecule has 0 saturated heterocycles. The molecule has 2 aromatic rings. The quantitative estimate of drug-likeness (QED) is 0.826. The lowest BCUT2D eigenvalue weighted by Crippen LogP contribution is -2.26. The van der Waals surface area contributed by atoms with E-state index in [2.05, 4.69) is 9.82 Å². The molecule has 2 aromatic carbocycles. The Morgan fingerprint density at radius 3 is 2.56 bits per heavy atom. The summed E-state index contributed by atoms with van der Waals surface area (Å²) in [6.07, 6.45) is 0.955. The minimum atomic E-state index is -3.35. The Balaban J connectivity index is 1.91. The van der Waals surface area contributed by atoms with Crippen molar-refractivity contribution in [3.05, 3.63) is 65.7 Å². The van der Waals surface area contributed by atoms with Crippen molar-refractivity contribution in [1.82, 2.24) is 5.01 Å². The molecule has 1 heterocycles. The second-order valence-electron chi connectivity index (χ2n) is 6.36. The minimum absolute atomic E-state index is 0.00698. The minimum Gasteiger partial charge on any atom is -0.284 e. The van der Waals surface area contributed by atoms with E-state index in [1.165, 1.54) is 0 Å². The Labute approximate surface area is 159 Å². The fourth-order valence-electron chi connectivity index (χ4n) is 3.03. The van der Waals surface area contributed by atoms with E-state index in [0.29, 0.717) is 18.5 Å². The van der Waals surface area contributed by atoms with Crippen molar-refractivity contribution < 1.29 is 13.2 Å². The SMILES string of the molecule is CCC(=O)N1N=C(c2cccc(NS(=O)(=O)CC)c2)CC1c1ccccc1. The number of nitrogens with one attached hydrogen (secondary N) is 1. The lowest BCUT2D eigenvalue weighted by atomic mass is 9.98. The molecule has 6 nitrogen and oxygen atoms in total. The van der Waals surface area contributed by atoms with E-state index in [4.69, 9.17) is 0 Å². The van der Waals surface area contributed by atoms with Gasteiger partial charge in [0.15, 0.2) is 0 Å².